The largest absolute Gasteiger partial charge is 0.354 e. The molecule has 6 nitrogen and oxygen atoms in total. The molecule has 0 saturated heterocycles. The molecule has 0 aliphatic rings. The molecule has 0 spiro atoms. The first kappa shape index (κ1) is 22.4. The van der Waals surface area contributed by atoms with Crippen molar-refractivity contribution in [2.24, 2.45) is 4.99 Å². The van der Waals surface area contributed by atoms with Crippen molar-refractivity contribution in [1.29, 1.82) is 0 Å². The highest BCUT2D eigenvalue weighted by Gasteiger charge is 2.20. The summed E-state index contributed by atoms with van der Waals surface area (Å²) < 4.78 is 26.2. The predicted molar refractivity (Wildman–Crippen MR) is 109 cm³/mol. The second-order valence-corrected chi connectivity index (χ2v) is 8.84. The van der Waals surface area contributed by atoms with Crippen LogP contribution in [-0.2, 0) is 16.6 Å². The number of benzene rings is 1. The molecule has 1 atom stereocenters. The van der Waals surface area contributed by atoms with E-state index >= 15 is 0 Å². The van der Waals surface area contributed by atoms with Crippen LogP contribution in [0.2, 0.25) is 0 Å². The summed E-state index contributed by atoms with van der Waals surface area (Å²) in [7, 11) is 1.34. The van der Waals surface area contributed by atoms with Crippen LogP contribution >= 0.6 is 0 Å². The van der Waals surface area contributed by atoms with Gasteiger partial charge in [0.15, 0.2) is 5.96 Å². The van der Waals surface area contributed by atoms with E-state index in [0.29, 0.717) is 23.4 Å². The number of guanidine groups is 1. The van der Waals surface area contributed by atoms with Gasteiger partial charge in [-0.1, -0.05) is 50.8 Å². The van der Waals surface area contributed by atoms with Crippen molar-refractivity contribution >= 4 is 16.0 Å². The maximum absolute atomic E-state index is 12.5. The lowest BCUT2D eigenvalue weighted by atomic mass is 10.1. The molecule has 2 N–H and O–H groups in total. The monoisotopic (exact) mass is 382 g/mol. The summed E-state index contributed by atoms with van der Waals surface area (Å²) >= 11 is 0. The molecular weight excluding hydrogens is 348 g/mol. The molecule has 1 unspecified atom stereocenters. The van der Waals surface area contributed by atoms with Gasteiger partial charge in [-0.3, -0.25) is 4.99 Å². The van der Waals surface area contributed by atoms with Crippen molar-refractivity contribution in [2.45, 2.75) is 63.4 Å². The Labute approximate surface area is 159 Å². The molecule has 0 radical (unpaired) electrons. The second-order valence-electron chi connectivity index (χ2n) is 6.72. The molecule has 148 valence electrons. The molecular formula is C19H34N4O2S. The van der Waals surface area contributed by atoms with E-state index in [4.69, 9.17) is 0 Å². The van der Waals surface area contributed by atoms with E-state index in [1.165, 1.54) is 30.0 Å². The fourth-order valence-corrected chi connectivity index (χ4v) is 3.77. The average Bonchev–Trinajstić information content (AvgIpc) is 2.62. The zero-order valence-corrected chi connectivity index (χ0v) is 17.6. The SMILES string of the molecule is CCCCCCC(C)NC(=NC)NCc1ccccc1S(=O)(=O)N(C)C. The Morgan fingerprint density at radius 2 is 1.88 bits per heavy atom. The summed E-state index contributed by atoms with van der Waals surface area (Å²) in [6.45, 7) is 4.75. The predicted octanol–water partition coefficient (Wildman–Crippen LogP) is 2.96. The average molecular weight is 383 g/mol. The van der Waals surface area contributed by atoms with Gasteiger partial charge in [0.05, 0.1) is 4.90 Å². The Morgan fingerprint density at radius 1 is 1.19 bits per heavy atom. The Morgan fingerprint density at radius 3 is 2.50 bits per heavy atom. The lowest BCUT2D eigenvalue weighted by Crippen LogP contribution is -2.42. The van der Waals surface area contributed by atoms with Crippen LogP contribution in [0.25, 0.3) is 0 Å². The van der Waals surface area contributed by atoms with Crippen molar-refractivity contribution in [1.82, 2.24) is 14.9 Å². The van der Waals surface area contributed by atoms with E-state index in [0.717, 1.165) is 12.0 Å². The first-order chi connectivity index (χ1) is 12.3. The fourth-order valence-electron chi connectivity index (χ4n) is 2.65. The van der Waals surface area contributed by atoms with Gasteiger partial charge >= 0.3 is 0 Å². The third-order valence-corrected chi connectivity index (χ3v) is 6.19. The van der Waals surface area contributed by atoms with Gasteiger partial charge in [-0.25, -0.2) is 12.7 Å². The second kappa shape index (κ2) is 11.2. The zero-order chi connectivity index (χ0) is 19.6. The van der Waals surface area contributed by atoms with Crippen LogP contribution < -0.4 is 10.6 Å². The Bertz CT molecular complexity index is 672. The minimum Gasteiger partial charge on any atom is -0.354 e. The molecule has 26 heavy (non-hydrogen) atoms. The van der Waals surface area contributed by atoms with Crippen molar-refractivity contribution in [3.8, 4) is 0 Å². The van der Waals surface area contributed by atoms with E-state index in [-0.39, 0.29) is 0 Å². The Kier molecular flexibility index (Phi) is 9.65. The molecule has 0 fully saturated rings. The molecule has 1 aromatic carbocycles. The summed E-state index contributed by atoms with van der Waals surface area (Å²) in [6.07, 6.45) is 6.05. The Hall–Kier alpha value is -1.60. The fraction of sp³-hybridized carbons (Fsp3) is 0.632. The number of unbranched alkanes of at least 4 members (excludes halogenated alkanes) is 3. The third kappa shape index (κ3) is 6.96. The highest BCUT2D eigenvalue weighted by molar-refractivity contribution is 7.89. The highest BCUT2D eigenvalue weighted by atomic mass is 32.2. The van der Waals surface area contributed by atoms with E-state index in [1.54, 1.807) is 33.3 Å². The minimum absolute atomic E-state index is 0.318. The van der Waals surface area contributed by atoms with Gasteiger partial charge in [0.1, 0.15) is 0 Å². The molecule has 0 saturated carbocycles. The van der Waals surface area contributed by atoms with Crippen LogP contribution in [0.3, 0.4) is 0 Å². The normalized spacial score (nSPS) is 13.7. The summed E-state index contributed by atoms with van der Waals surface area (Å²) in [6, 6.07) is 7.37. The summed E-state index contributed by atoms with van der Waals surface area (Å²) in [4.78, 5) is 4.57. The minimum atomic E-state index is -3.47. The van der Waals surface area contributed by atoms with Gasteiger partial charge in [0.25, 0.3) is 0 Å². The number of nitrogens with zero attached hydrogens (tertiary/aromatic N) is 2. The van der Waals surface area contributed by atoms with Crippen LogP contribution in [-0.4, -0.2) is 45.9 Å². The van der Waals surface area contributed by atoms with E-state index in [2.05, 4.69) is 29.5 Å². The number of nitrogens with one attached hydrogen (secondary N) is 2. The Balaban J connectivity index is 2.68. The van der Waals surface area contributed by atoms with Crippen molar-refractivity contribution < 1.29 is 8.42 Å². The van der Waals surface area contributed by atoms with Crippen LogP contribution in [0.4, 0.5) is 0 Å². The third-order valence-electron chi connectivity index (χ3n) is 4.27. The van der Waals surface area contributed by atoms with Crippen molar-refractivity contribution in [3.63, 3.8) is 0 Å². The maximum atomic E-state index is 12.5. The summed E-state index contributed by atoms with van der Waals surface area (Å²) in [5.41, 5.74) is 0.722. The van der Waals surface area contributed by atoms with Gasteiger partial charge in [-0.05, 0) is 25.0 Å². The van der Waals surface area contributed by atoms with E-state index in [1.807, 2.05) is 12.1 Å². The van der Waals surface area contributed by atoms with Crippen molar-refractivity contribution in [3.05, 3.63) is 29.8 Å². The molecule has 0 bridgehead atoms. The number of hydrogen-bond acceptors (Lipinski definition) is 3. The smallest absolute Gasteiger partial charge is 0.242 e. The first-order valence-corrected chi connectivity index (χ1v) is 10.7. The molecule has 0 amide bonds. The zero-order valence-electron chi connectivity index (χ0n) is 16.7. The molecule has 7 heteroatoms. The number of sulfonamides is 1. The lowest BCUT2D eigenvalue weighted by molar-refractivity contribution is 0.519. The molecule has 0 heterocycles. The number of aliphatic imine (C=N–C) groups is 1. The maximum Gasteiger partial charge on any atom is 0.242 e. The topological polar surface area (TPSA) is 73.8 Å². The van der Waals surface area contributed by atoms with Gasteiger partial charge in [0, 0.05) is 33.7 Å². The first-order valence-electron chi connectivity index (χ1n) is 9.30. The van der Waals surface area contributed by atoms with E-state index < -0.39 is 10.0 Å². The summed E-state index contributed by atoms with van der Waals surface area (Å²) in [5.74, 6) is 0.685. The molecule has 1 aromatic rings. The molecule has 0 aliphatic heterocycles. The van der Waals surface area contributed by atoms with Gasteiger partial charge in [-0.2, -0.15) is 0 Å². The lowest BCUT2D eigenvalue weighted by Gasteiger charge is -2.19. The van der Waals surface area contributed by atoms with Gasteiger partial charge in [0.2, 0.25) is 10.0 Å². The van der Waals surface area contributed by atoms with Crippen LogP contribution in [0.1, 0.15) is 51.5 Å². The van der Waals surface area contributed by atoms with Crippen molar-refractivity contribution in [2.75, 3.05) is 21.1 Å². The van der Waals surface area contributed by atoms with E-state index in [9.17, 15) is 8.42 Å². The molecule has 0 aliphatic carbocycles. The van der Waals surface area contributed by atoms with Crippen LogP contribution in [0, 0.1) is 0 Å². The van der Waals surface area contributed by atoms with Crippen LogP contribution in [0.5, 0.6) is 0 Å². The van der Waals surface area contributed by atoms with Gasteiger partial charge < -0.3 is 10.6 Å². The summed E-state index contributed by atoms with van der Waals surface area (Å²) in [5, 5.41) is 6.60. The van der Waals surface area contributed by atoms with Gasteiger partial charge in [-0.15, -0.1) is 0 Å². The highest BCUT2D eigenvalue weighted by Crippen LogP contribution is 2.18. The number of rotatable bonds is 10. The molecule has 1 rings (SSSR count). The standard InChI is InChI=1S/C19H34N4O2S/c1-6-7-8-9-12-16(2)22-19(20-3)21-15-17-13-10-11-14-18(17)26(24,25)23(4)5/h10-11,13-14,16H,6-9,12,15H2,1-5H3,(H2,20,21,22). The number of hydrogen-bond donors (Lipinski definition) is 2. The van der Waals surface area contributed by atoms with Crippen LogP contribution in [0.15, 0.2) is 34.2 Å². The quantitative estimate of drug-likeness (QED) is 0.371. The molecule has 0 aromatic heterocycles.